The molecular weight excluding hydrogens is 859 g/mol. The van der Waals surface area contributed by atoms with Crippen LogP contribution >= 0.6 is 0 Å². The van der Waals surface area contributed by atoms with Crippen LogP contribution in [0.2, 0.25) is 0 Å². The zero-order chi connectivity index (χ0) is 46.1. The highest BCUT2D eigenvalue weighted by Crippen LogP contribution is 2.52. The minimum absolute atomic E-state index is 0.622. The maximum atomic E-state index is 9.88. The van der Waals surface area contributed by atoms with Crippen LogP contribution < -0.4 is 30.4 Å². The first-order chi connectivity index (χ1) is 34.1. The molecule has 322 valence electrons. The van der Waals surface area contributed by atoms with Crippen molar-refractivity contribution in [2.45, 2.75) is 0 Å². The molecule has 0 saturated carbocycles. The Kier molecular flexibility index (Phi) is 9.19. The summed E-state index contributed by atoms with van der Waals surface area (Å²) in [5, 5.41) is 29.1. The van der Waals surface area contributed by atoms with Crippen molar-refractivity contribution < 1.29 is 4.74 Å². The van der Waals surface area contributed by atoms with Gasteiger partial charge in [-0.25, -0.2) is 0 Å². The van der Waals surface area contributed by atoms with Crippen molar-refractivity contribution in [3.05, 3.63) is 248 Å². The minimum atomic E-state index is -2.89. The number of para-hydroxylation sites is 2. The molecule has 0 aliphatic carbocycles. The van der Waals surface area contributed by atoms with Crippen LogP contribution in [0, 0.1) is 22.7 Å². The third kappa shape index (κ3) is 6.16. The summed E-state index contributed by atoms with van der Waals surface area (Å²) < 4.78 is 11.7. The number of anilines is 3. The molecule has 2 aromatic heterocycles. The van der Waals surface area contributed by atoms with E-state index in [-0.39, 0.29) is 0 Å². The van der Waals surface area contributed by atoms with E-state index in [4.69, 9.17) is 4.74 Å². The molecule has 0 amide bonds. The van der Waals surface area contributed by atoms with E-state index in [1.807, 2.05) is 48.5 Å². The van der Waals surface area contributed by atoms with Crippen LogP contribution in [0.5, 0.6) is 11.5 Å². The summed E-state index contributed by atoms with van der Waals surface area (Å²) in [6.45, 7) is 0. The average molecular weight is 898 g/mol. The fourth-order valence-electron chi connectivity index (χ4n) is 10.9. The summed E-state index contributed by atoms with van der Waals surface area (Å²) in [6.07, 6.45) is 0. The fraction of sp³-hybridized carbons (Fsp3) is 0. The van der Waals surface area contributed by atoms with Crippen LogP contribution in [0.1, 0.15) is 11.1 Å². The number of fused-ring (bicyclic) bond motifs is 8. The lowest BCUT2D eigenvalue weighted by molar-refractivity contribution is 0.476. The zero-order valence-corrected chi connectivity index (χ0v) is 38.2. The van der Waals surface area contributed by atoms with Gasteiger partial charge in [0.1, 0.15) is 0 Å². The van der Waals surface area contributed by atoms with Gasteiger partial charge in [0.05, 0.1) is 68.1 Å². The number of ether oxygens (including phenoxy) is 1. The van der Waals surface area contributed by atoms with Crippen molar-refractivity contribution in [3.63, 3.8) is 0 Å². The highest BCUT2D eigenvalue weighted by molar-refractivity contribution is 7.19. The van der Waals surface area contributed by atoms with E-state index in [1.54, 1.807) is 0 Å². The second-order valence-electron chi connectivity index (χ2n) is 17.5. The lowest BCUT2D eigenvalue weighted by Crippen LogP contribution is -2.74. The fourth-order valence-corrected chi connectivity index (χ4v) is 15.7. The topological polar surface area (TPSA) is 69.9 Å². The third-order valence-corrected chi connectivity index (χ3v) is 18.6. The van der Waals surface area contributed by atoms with E-state index in [0.717, 1.165) is 72.0 Å². The smallest absolute Gasteiger partial charge is 0.179 e. The second-order valence-corrected chi connectivity index (χ2v) is 21.3. The van der Waals surface area contributed by atoms with Gasteiger partial charge in [-0.2, -0.15) is 10.5 Å². The SMILES string of the molecule is N#Cc1ccc2c(c1)c1ccccc1n2-c1ccc2c(c1)Oc1cc(-n3c4ccccc4c4cc(C#N)ccc43)ccc1N2c1cccc([Si](c2ccccc2)(c2ccccc2)c2ccccc2)c1. The summed E-state index contributed by atoms with van der Waals surface area (Å²) in [5.41, 5.74) is 10.1. The predicted octanol–water partition coefficient (Wildman–Crippen LogP) is 12.6. The largest absolute Gasteiger partial charge is 0.453 e. The van der Waals surface area contributed by atoms with Gasteiger partial charge in [-0.15, -0.1) is 0 Å². The van der Waals surface area contributed by atoms with E-state index in [2.05, 4.69) is 214 Å². The molecule has 0 N–H and O–H groups in total. The number of hydrogen-bond acceptors (Lipinski definition) is 4. The van der Waals surface area contributed by atoms with E-state index >= 15 is 0 Å². The van der Waals surface area contributed by atoms with Crippen LogP contribution in [0.4, 0.5) is 17.1 Å². The summed E-state index contributed by atoms with van der Waals surface area (Å²) in [4.78, 5) is 2.35. The maximum Gasteiger partial charge on any atom is 0.179 e. The highest BCUT2D eigenvalue weighted by atomic mass is 28.3. The molecule has 12 aromatic rings. The van der Waals surface area contributed by atoms with Crippen molar-refractivity contribution in [2.24, 2.45) is 0 Å². The Bertz CT molecular complexity index is 3810. The molecule has 0 radical (unpaired) electrons. The van der Waals surface area contributed by atoms with Crippen LogP contribution in [0.3, 0.4) is 0 Å². The Morgan fingerprint density at radius 2 is 0.754 bits per heavy atom. The molecule has 0 bridgehead atoms. The number of rotatable bonds is 7. The Morgan fingerprint density at radius 1 is 0.333 bits per heavy atom. The molecule has 7 heteroatoms. The van der Waals surface area contributed by atoms with Crippen molar-refractivity contribution in [2.75, 3.05) is 4.90 Å². The summed E-state index contributed by atoms with van der Waals surface area (Å²) in [7, 11) is -2.89. The molecule has 69 heavy (non-hydrogen) atoms. The average Bonchev–Trinajstić information content (AvgIpc) is 3.93. The number of nitriles is 2. The number of nitrogens with zero attached hydrogens (tertiary/aromatic N) is 5. The van der Waals surface area contributed by atoms with Crippen LogP contribution in [-0.4, -0.2) is 17.2 Å². The number of hydrogen-bond donors (Lipinski definition) is 0. The molecule has 1 aliphatic rings. The van der Waals surface area contributed by atoms with Crippen LogP contribution in [0.25, 0.3) is 55.0 Å². The second kappa shape index (κ2) is 15.9. The van der Waals surface area contributed by atoms with E-state index in [0.29, 0.717) is 22.6 Å². The van der Waals surface area contributed by atoms with Gasteiger partial charge in [-0.1, -0.05) is 140 Å². The first kappa shape index (κ1) is 39.9. The molecule has 0 saturated heterocycles. The molecule has 10 aromatic carbocycles. The normalized spacial score (nSPS) is 12.1. The molecule has 13 rings (SSSR count). The van der Waals surface area contributed by atoms with Crippen molar-refractivity contribution in [3.8, 4) is 35.0 Å². The third-order valence-electron chi connectivity index (χ3n) is 13.9. The quantitative estimate of drug-likeness (QED) is 0.118. The van der Waals surface area contributed by atoms with Gasteiger partial charge in [-0.05, 0) is 106 Å². The zero-order valence-electron chi connectivity index (χ0n) is 37.2. The van der Waals surface area contributed by atoms with Gasteiger partial charge in [-0.3, -0.25) is 0 Å². The van der Waals surface area contributed by atoms with Gasteiger partial charge in [0, 0.05) is 39.4 Å². The van der Waals surface area contributed by atoms with Gasteiger partial charge in [0.25, 0.3) is 0 Å². The molecule has 0 atom stereocenters. The molecule has 0 spiro atoms. The minimum Gasteiger partial charge on any atom is -0.453 e. The molecule has 1 aliphatic heterocycles. The molecule has 6 nitrogen and oxygen atoms in total. The van der Waals surface area contributed by atoms with Gasteiger partial charge >= 0.3 is 0 Å². The Balaban J connectivity index is 1.05. The predicted molar refractivity (Wildman–Crippen MR) is 283 cm³/mol. The molecule has 3 heterocycles. The molecule has 0 unspecified atom stereocenters. The lowest BCUT2D eigenvalue weighted by atomic mass is 10.1. The maximum absolute atomic E-state index is 9.88. The summed E-state index contributed by atoms with van der Waals surface area (Å²) in [6, 6.07) is 88.4. The Hall–Kier alpha value is -9.40. The van der Waals surface area contributed by atoms with Gasteiger partial charge < -0.3 is 18.8 Å². The van der Waals surface area contributed by atoms with E-state index in [1.165, 1.54) is 20.7 Å². The van der Waals surface area contributed by atoms with Crippen LogP contribution in [-0.2, 0) is 0 Å². The Morgan fingerprint density at radius 3 is 1.22 bits per heavy atom. The first-order valence-electron chi connectivity index (χ1n) is 23.0. The van der Waals surface area contributed by atoms with Gasteiger partial charge in [0.2, 0.25) is 0 Å². The highest BCUT2D eigenvalue weighted by Gasteiger charge is 2.42. The summed E-state index contributed by atoms with van der Waals surface area (Å²) >= 11 is 0. The van der Waals surface area contributed by atoms with E-state index in [9.17, 15) is 10.5 Å². The van der Waals surface area contributed by atoms with Crippen molar-refractivity contribution in [1.29, 1.82) is 10.5 Å². The van der Waals surface area contributed by atoms with Gasteiger partial charge in [0.15, 0.2) is 19.6 Å². The standard InChI is InChI=1S/C62H39N5OSi/c63-40-42-27-31-57-53(35-42)51-23-10-12-25-55(51)65(57)45-29-33-59-61(38-45)68-62-39-46(66-56-26-13-11-24-52(56)54-36-43(41-64)28-32-58(54)66)30-34-60(62)67(59)44-15-14-22-50(37-44)69(47-16-4-1-5-17-47,48-18-6-2-7-19-48)49-20-8-3-9-21-49/h1-39H. The van der Waals surface area contributed by atoms with Crippen molar-refractivity contribution in [1.82, 2.24) is 9.13 Å². The molecular formula is C62H39N5OSi. The number of benzene rings is 10. The van der Waals surface area contributed by atoms with Crippen LogP contribution in [0.15, 0.2) is 237 Å². The first-order valence-corrected chi connectivity index (χ1v) is 25.0. The van der Waals surface area contributed by atoms with Crippen molar-refractivity contribution >= 4 is 89.5 Å². The monoisotopic (exact) mass is 897 g/mol. The van der Waals surface area contributed by atoms with E-state index < -0.39 is 8.07 Å². The summed E-state index contributed by atoms with van der Waals surface area (Å²) in [5.74, 6) is 1.42. The lowest BCUT2D eigenvalue weighted by Gasteiger charge is -2.37. The molecule has 0 fully saturated rings. The number of aromatic nitrogens is 2. The Labute approximate surface area is 399 Å².